The van der Waals surface area contributed by atoms with E-state index in [0.29, 0.717) is 5.95 Å². The van der Waals surface area contributed by atoms with Crippen LogP contribution in [0.2, 0.25) is 0 Å². The molecule has 2 N–H and O–H groups in total. The summed E-state index contributed by atoms with van der Waals surface area (Å²) < 4.78 is 1.78. The van der Waals surface area contributed by atoms with Gasteiger partial charge in [-0.2, -0.15) is 4.98 Å². The van der Waals surface area contributed by atoms with Crippen molar-refractivity contribution in [2.75, 3.05) is 24.2 Å². The number of nitrogens with one attached hydrogen (secondary N) is 2. The number of hydrogen-bond acceptors (Lipinski definition) is 7. The standard InChI is InChI=1S/C12H15N7S/c1-8-7-9-10(14-3-5-19-6-4-15-18-19)16-12(13-2)17-11(9)20-8/h4,6-7H,3,5H2,1-2H3,(H2,13,14,16,17). The molecule has 0 unspecified atom stereocenters. The smallest absolute Gasteiger partial charge is 0.225 e. The molecule has 0 aliphatic carbocycles. The average Bonchev–Trinajstić information content (AvgIpc) is 3.06. The second-order valence-corrected chi connectivity index (χ2v) is 5.55. The van der Waals surface area contributed by atoms with Crippen LogP contribution in [0.15, 0.2) is 18.5 Å². The van der Waals surface area contributed by atoms with E-state index in [4.69, 9.17) is 0 Å². The van der Waals surface area contributed by atoms with Crippen LogP contribution in [0, 0.1) is 6.92 Å². The van der Waals surface area contributed by atoms with Crippen molar-refractivity contribution in [1.82, 2.24) is 25.0 Å². The third kappa shape index (κ3) is 2.55. The van der Waals surface area contributed by atoms with E-state index >= 15 is 0 Å². The number of fused-ring (bicyclic) bond motifs is 1. The number of rotatable bonds is 5. The Morgan fingerprint density at radius 3 is 3.00 bits per heavy atom. The van der Waals surface area contributed by atoms with Crippen LogP contribution in [0.4, 0.5) is 11.8 Å². The van der Waals surface area contributed by atoms with Crippen molar-refractivity contribution >= 4 is 33.3 Å². The molecule has 0 aliphatic heterocycles. The van der Waals surface area contributed by atoms with Crippen molar-refractivity contribution in [3.05, 3.63) is 23.3 Å². The van der Waals surface area contributed by atoms with E-state index in [1.54, 1.807) is 22.2 Å². The van der Waals surface area contributed by atoms with Crippen LogP contribution < -0.4 is 10.6 Å². The monoisotopic (exact) mass is 289 g/mol. The van der Waals surface area contributed by atoms with Gasteiger partial charge in [-0.15, -0.1) is 16.4 Å². The first-order chi connectivity index (χ1) is 9.76. The van der Waals surface area contributed by atoms with Gasteiger partial charge < -0.3 is 10.6 Å². The molecule has 3 aromatic rings. The van der Waals surface area contributed by atoms with Gasteiger partial charge in [0, 0.05) is 24.7 Å². The quantitative estimate of drug-likeness (QED) is 0.745. The predicted octanol–water partition coefficient (Wildman–Crippen LogP) is 1.75. The lowest BCUT2D eigenvalue weighted by Crippen LogP contribution is -2.12. The van der Waals surface area contributed by atoms with Crippen LogP contribution in [0.5, 0.6) is 0 Å². The fourth-order valence-electron chi connectivity index (χ4n) is 1.93. The summed E-state index contributed by atoms with van der Waals surface area (Å²) >= 11 is 1.67. The van der Waals surface area contributed by atoms with Gasteiger partial charge in [-0.05, 0) is 13.0 Å². The van der Waals surface area contributed by atoms with Crippen molar-refractivity contribution in [3.63, 3.8) is 0 Å². The van der Waals surface area contributed by atoms with Crippen molar-refractivity contribution in [3.8, 4) is 0 Å². The van der Waals surface area contributed by atoms with Crippen LogP contribution in [0.3, 0.4) is 0 Å². The summed E-state index contributed by atoms with van der Waals surface area (Å²) in [5.74, 6) is 1.48. The summed E-state index contributed by atoms with van der Waals surface area (Å²) in [6.07, 6.45) is 3.51. The minimum Gasteiger partial charge on any atom is -0.368 e. The highest BCUT2D eigenvalue weighted by molar-refractivity contribution is 7.18. The molecule has 3 aromatic heterocycles. The Morgan fingerprint density at radius 1 is 1.35 bits per heavy atom. The Labute approximate surface area is 120 Å². The normalized spacial score (nSPS) is 10.9. The van der Waals surface area contributed by atoms with Gasteiger partial charge >= 0.3 is 0 Å². The molecule has 20 heavy (non-hydrogen) atoms. The number of aromatic nitrogens is 5. The zero-order valence-electron chi connectivity index (χ0n) is 11.3. The van der Waals surface area contributed by atoms with Gasteiger partial charge in [0.05, 0.1) is 18.1 Å². The maximum Gasteiger partial charge on any atom is 0.225 e. The molecule has 0 saturated carbocycles. The van der Waals surface area contributed by atoms with Gasteiger partial charge in [0.1, 0.15) is 10.6 Å². The second kappa shape index (κ2) is 5.41. The molecular formula is C12H15N7S. The van der Waals surface area contributed by atoms with E-state index in [0.717, 1.165) is 29.1 Å². The first-order valence-electron chi connectivity index (χ1n) is 6.30. The number of anilines is 2. The summed E-state index contributed by atoms with van der Waals surface area (Å²) in [4.78, 5) is 11.2. The number of hydrogen-bond donors (Lipinski definition) is 2. The summed E-state index contributed by atoms with van der Waals surface area (Å²) in [5.41, 5.74) is 0. The Morgan fingerprint density at radius 2 is 2.25 bits per heavy atom. The molecule has 0 aromatic carbocycles. The zero-order valence-corrected chi connectivity index (χ0v) is 12.1. The second-order valence-electron chi connectivity index (χ2n) is 4.31. The maximum atomic E-state index is 4.48. The molecule has 8 heteroatoms. The highest BCUT2D eigenvalue weighted by Crippen LogP contribution is 2.29. The average molecular weight is 289 g/mol. The fourth-order valence-corrected chi connectivity index (χ4v) is 2.81. The first-order valence-corrected chi connectivity index (χ1v) is 7.12. The Hall–Kier alpha value is -2.22. The van der Waals surface area contributed by atoms with E-state index in [9.17, 15) is 0 Å². The number of aryl methyl sites for hydroxylation is 1. The Bertz CT molecular complexity index is 704. The summed E-state index contributed by atoms with van der Waals surface area (Å²) in [6, 6.07) is 2.11. The summed E-state index contributed by atoms with van der Waals surface area (Å²) in [5, 5.41) is 15.1. The predicted molar refractivity (Wildman–Crippen MR) is 80.2 cm³/mol. The van der Waals surface area contributed by atoms with E-state index in [1.165, 1.54) is 4.88 Å². The Balaban J connectivity index is 1.81. The largest absolute Gasteiger partial charge is 0.368 e. The lowest BCUT2D eigenvalue weighted by molar-refractivity contribution is 0.608. The lowest BCUT2D eigenvalue weighted by atomic mass is 10.3. The topological polar surface area (TPSA) is 80.5 Å². The first kappa shape index (κ1) is 12.8. The minimum absolute atomic E-state index is 0.627. The highest BCUT2D eigenvalue weighted by atomic mass is 32.1. The van der Waals surface area contributed by atoms with Crippen LogP contribution in [0.1, 0.15) is 4.88 Å². The van der Waals surface area contributed by atoms with Crippen molar-refractivity contribution in [2.45, 2.75) is 13.5 Å². The molecule has 0 saturated heterocycles. The summed E-state index contributed by atoms with van der Waals surface area (Å²) in [6.45, 7) is 3.54. The molecule has 3 rings (SSSR count). The van der Waals surface area contributed by atoms with E-state index in [2.05, 4.69) is 43.9 Å². The molecule has 0 radical (unpaired) electrons. The molecule has 0 bridgehead atoms. The van der Waals surface area contributed by atoms with Gasteiger partial charge in [-0.3, -0.25) is 4.68 Å². The van der Waals surface area contributed by atoms with Gasteiger partial charge in [0.15, 0.2) is 0 Å². The van der Waals surface area contributed by atoms with Crippen LogP contribution in [-0.2, 0) is 6.54 Å². The SMILES string of the molecule is CNc1nc(NCCn2ccnn2)c2cc(C)sc2n1. The molecular weight excluding hydrogens is 274 g/mol. The van der Waals surface area contributed by atoms with E-state index in [1.807, 2.05) is 13.2 Å². The maximum absolute atomic E-state index is 4.48. The van der Waals surface area contributed by atoms with Crippen LogP contribution in [-0.4, -0.2) is 38.6 Å². The van der Waals surface area contributed by atoms with Crippen molar-refractivity contribution in [2.24, 2.45) is 0 Å². The minimum atomic E-state index is 0.627. The van der Waals surface area contributed by atoms with E-state index in [-0.39, 0.29) is 0 Å². The molecule has 0 amide bonds. The van der Waals surface area contributed by atoms with Gasteiger partial charge in [0.25, 0.3) is 0 Å². The van der Waals surface area contributed by atoms with Gasteiger partial charge in [0.2, 0.25) is 5.95 Å². The molecule has 0 spiro atoms. The van der Waals surface area contributed by atoms with E-state index < -0.39 is 0 Å². The summed E-state index contributed by atoms with van der Waals surface area (Å²) in [7, 11) is 1.82. The van der Waals surface area contributed by atoms with Gasteiger partial charge in [-0.1, -0.05) is 5.21 Å². The Kier molecular flexibility index (Phi) is 3.46. The van der Waals surface area contributed by atoms with Crippen LogP contribution >= 0.6 is 11.3 Å². The molecule has 7 nitrogen and oxygen atoms in total. The lowest BCUT2D eigenvalue weighted by Gasteiger charge is -2.08. The molecule has 3 heterocycles. The van der Waals surface area contributed by atoms with Crippen LogP contribution in [0.25, 0.3) is 10.2 Å². The zero-order chi connectivity index (χ0) is 13.9. The highest BCUT2D eigenvalue weighted by Gasteiger charge is 2.09. The third-order valence-electron chi connectivity index (χ3n) is 2.84. The number of thiophene rings is 1. The number of nitrogens with zero attached hydrogens (tertiary/aromatic N) is 5. The molecule has 104 valence electrons. The van der Waals surface area contributed by atoms with Crippen molar-refractivity contribution < 1.29 is 0 Å². The molecule has 0 fully saturated rings. The molecule has 0 atom stereocenters. The van der Waals surface area contributed by atoms with Gasteiger partial charge in [-0.25, -0.2) is 4.98 Å². The molecule has 0 aliphatic rings. The fraction of sp³-hybridized carbons (Fsp3) is 0.333. The third-order valence-corrected chi connectivity index (χ3v) is 3.79. The van der Waals surface area contributed by atoms with Crippen molar-refractivity contribution in [1.29, 1.82) is 0 Å².